The van der Waals surface area contributed by atoms with Crippen molar-refractivity contribution in [2.45, 2.75) is 90.3 Å². The van der Waals surface area contributed by atoms with Gasteiger partial charge in [0.15, 0.2) is 17.2 Å². The lowest BCUT2D eigenvalue weighted by molar-refractivity contribution is -0.158. The summed E-state index contributed by atoms with van der Waals surface area (Å²) >= 11 is 0. The van der Waals surface area contributed by atoms with Gasteiger partial charge in [-0.1, -0.05) is 62.6 Å². The molecule has 4 rings (SSSR count). The van der Waals surface area contributed by atoms with E-state index >= 15 is 4.39 Å². The normalized spacial score (nSPS) is 16.8. The van der Waals surface area contributed by atoms with Crippen LogP contribution < -0.4 is 4.74 Å². The second kappa shape index (κ2) is 11.0. The van der Waals surface area contributed by atoms with Crippen molar-refractivity contribution in [3.05, 3.63) is 53.8 Å². The van der Waals surface area contributed by atoms with Crippen molar-refractivity contribution in [1.29, 1.82) is 0 Å². The van der Waals surface area contributed by atoms with Crippen LogP contribution >= 0.6 is 0 Å². The number of nitrogens with zero attached hydrogens (tertiary/aromatic N) is 2. The summed E-state index contributed by atoms with van der Waals surface area (Å²) < 4.78 is 26.2. The molecule has 0 aromatic heterocycles. The monoisotopic (exact) mass is 508 g/mol. The number of ether oxygens (including phenoxy) is 2. The fourth-order valence-electron chi connectivity index (χ4n) is 5.10. The highest BCUT2D eigenvalue weighted by Crippen LogP contribution is 2.40. The second-order valence-electron chi connectivity index (χ2n) is 10.4. The van der Waals surface area contributed by atoms with Crippen LogP contribution in [0.3, 0.4) is 0 Å². The Morgan fingerprint density at radius 2 is 1.81 bits per heavy atom. The van der Waals surface area contributed by atoms with Crippen LogP contribution in [0.25, 0.3) is 11.1 Å². The van der Waals surface area contributed by atoms with E-state index in [2.05, 4.69) is 6.92 Å². The van der Waals surface area contributed by atoms with Crippen LogP contribution in [0.5, 0.6) is 5.75 Å². The van der Waals surface area contributed by atoms with Gasteiger partial charge in [-0.25, -0.2) is 9.18 Å². The van der Waals surface area contributed by atoms with Crippen molar-refractivity contribution < 1.29 is 23.5 Å². The largest absolute Gasteiger partial charge is 0.473 e. The number of benzene rings is 2. The van der Waals surface area contributed by atoms with Gasteiger partial charge in [0.25, 0.3) is 5.91 Å². The Bertz CT molecular complexity index is 1170. The number of halogens is 1. The zero-order valence-corrected chi connectivity index (χ0v) is 22.3. The Kier molecular flexibility index (Phi) is 8.00. The predicted molar refractivity (Wildman–Crippen MR) is 142 cm³/mol. The zero-order chi connectivity index (χ0) is 26.6. The minimum Gasteiger partial charge on any atom is -0.473 e. The average Bonchev–Trinajstić information content (AvgIpc) is 3.45. The third-order valence-corrected chi connectivity index (χ3v) is 7.18. The highest BCUT2D eigenvalue weighted by Gasteiger charge is 2.49. The standard InChI is InChI=1S/C30H37FN2O4/c1-5-7-13-25-32-30(18-8-9-19-30)27(34)33(25)20-21-14-16-22(17-15-21)23-11-10-12-24(26(23)31)37-29(3,4)28(35)36-6-2/h10-12,14-17H,5-9,13,18-20H2,1-4H3. The third-order valence-electron chi connectivity index (χ3n) is 7.18. The van der Waals surface area contributed by atoms with Crippen molar-refractivity contribution >= 4 is 17.7 Å². The molecule has 6 nitrogen and oxygen atoms in total. The number of hydrogen-bond donors (Lipinski definition) is 0. The van der Waals surface area contributed by atoms with Crippen LogP contribution in [0.2, 0.25) is 0 Å². The zero-order valence-electron chi connectivity index (χ0n) is 22.3. The Balaban J connectivity index is 1.52. The number of hydrogen-bond acceptors (Lipinski definition) is 5. The maximum Gasteiger partial charge on any atom is 0.349 e. The van der Waals surface area contributed by atoms with E-state index in [4.69, 9.17) is 14.5 Å². The first kappa shape index (κ1) is 26.8. The average molecular weight is 509 g/mol. The van der Waals surface area contributed by atoms with Crippen LogP contribution in [-0.4, -0.2) is 40.4 Å². The van der Waals surface area contributed by atoms with Gasteiger partial charge in [-0.2, -0.15) is 0 Å². The molecule has 0 unspecified atom stereocenters. The van der Waals surface area contributed by atoms with Crippen LogP contribution in [0.4, 0.5) is 4.39 Å². The highest BCUT2D eigenvalue weighted by molar-refractivity contribution is 6.08. The fraction of sp³-hybridized carbons (Fsp3) is 0.500. The predicted octanol–water partition coefficient (Wildman–Crippen LogP) is 6.46. The van der Waals surface area contributed by atoms with Gasteiger partial charge in [-0.15, -0.1) is 0 Å². The molecule has 198 valence electrons. The van der Waals surface area contributed by atoms with Gasteiger partial charge in [0.1, 0.15) is 11.4 Å². The van der Waals surface area contributed by atoms with Crippen LogP contribution in [0.1, 0.15) is 78.2 Å². The lowest BCUT2D eigenvalue weighted by Crippen LogP contribution is -2.40. The van der Waals surface area contributed by atoms with Gasteiger partial charge in [0.05, 0.1) is 13.2 Å². The minimum atomic E-state index is -1.32. The quantitative estimate of drug-likeness (QED) is 0.346. The second-order valence-corrected chi connectivity index (χ2v) is 10.4. The van der Waals surface area contributed by atoms with Crippen molar-refractivity contribution in [3.8, 4) is 16.9 Å². The van der Waals surface area contributed by atoms with Crippen molar-refractivity contribution in [1.82, 2.24) is 4.90 Å². The molecule has 37 heavy (non-hydrogen) atoms. The first-order chi connectivity index (χ1) is 17.7. The molecule has 2 aromatic rings. The van der Waals surface area contributed by atoms with E-state index in [1.54, 1.807) is 32.9 Å². The lowest BCUT2D eigenvalue weighted by Gasteiger charge is -2.24. The van der Waals surface area contributed by atoms with Gasteiger partial charge < -0.3 is 9.47 Å². The van der Waals surface area contributed by atoms with Crippen LogP contribution in [0, 0.1) is 5.82 Å². The highest BCUT2D eigenvalue weighted by atomic mass is 19.1. The summed E-state index contributed by atoms with van der Waals surface area (Å²) in [6.07, 6.45) is 6.62. The third kappa shape index (κ3) is 5.55. The summed E-state index contributed by atoms with van der Waals surface area (Å²) in [5.41, 5.74) is 0.142. The molecule has 1 aliphatic carbocycles. The number of carbonyl (C=O) groups excluding carboxylic acids is 2. The van der Waals surface area contributed by atoms with Crippen molar-refractivity contribution in [3.63, 3.8) is 0 Å². The number of carbonyl (C=O) groups is 2. The molecule has 1 saturated carbocycles. The number of amidine groups is 1. The molecule has 1 spiro atoms. The Morgan fingerprint density at radius 3 is 2.46 bits per heavy atom. The number of rotatable bonds is 10. The van der Waals surface area contributed by atoms with E-state index in [1.165, 1.54) is 6.07 Å². The van der Waals surface area contributed by atoms with E-state index < -0.39 is 22.9 Å². The lowest BCUT2D eigenvalue weighted by atomic mass is 9.98. The molecule has 1 amide bonds. The molecule has 0 N–H and O–H groups in total. The van der Waals surface area contributed by atoms with E-state index in [0.717, 1.165) is 56.3 Å². The molecule has 2 aliphatic rings. The Labute approximate surface area is 218 Å². The number of aliphatic imine (C=N–C) groups is 1. The summed E-state index contributed by atoms with van der Waals surface area (Å²) in [4.78, 5) is 32.4. The summed E-state index contributed by atoms with van der Waals surface area (Å²) in [7, 11) is 0. The molecule has 1 aliphatic heterocycles. The SMILES string of the molecule is CCCCC1=NC2(CCCC2)C(=O)N1Cc1ccc(-c2cccc(OC(C)(C)C(=O)OCC)c2F)cc1. The number of amides is 1. The number of unbranched alkanes of at least 4 members (excludes halogenated alkanes) is 1. The maximum absolute atomic E-state index is 15.4. The van der Waals surface area contributed by atoms with E-state index in [-0.39, 0.29) is 18.3 Å². The van der Waals surface area contributed by atoms with Crippen LogP contribution in [0.15, 0.2) is 47.5 Å². The van der Waals surface area contributed by atoms with E-state index in [9.17, 15) is 9.59 Å². The van der Waals surface area contributed by atoms with Crippen molar-refractivity contribution in [2.75, 3.05) is 6.61 Å². The molecule has 0 atom stereocenters. The van der Waals surface area contributed by atoms with Gasteiger partial charge in [0, 0.05) is 12.0 Å². The Morgan fingerprint density at radius 1 is 1.11 bits per heavy atom. The van der Waals surface area contributed by atoms with Gasteiger partial charge >= 0.3 is 5.97 Å². The summed E-state index contributed by atoms with van der Waals surface area (Å²) in [6, 6.07) is 12.4. The molecule has 0 radical (unpaired) electrons. The minimum absolute atomic E-state index is 0.0130. The molecule has 2 aromatic carbocycles. The Hall–Kier alpha value is -3.22. The maximum atomic E-state index is 15.4. The number of esters is 1. The summed E-state index contributed by atoms with van der Waals surface area (Å²) in [5.74, 6) is -0.0829. The van der Waals surface area contributed by atoms with E-state index in [1.807, 2.05) is 29.2 Å². The molecular weight excluding hydrogens is 471 g/mol. The fourth-order valence-corrected chi connectivity index (χ4v) is 5.10. The first-order valence-corrected chi connectivity index (χ1v) is 13.4. The van der Waals surface area contributed by atoms with E-state index in [0.29, 0.717) is 17.7 Å². The molecule has 0 bridgehead atoms. The van der Waals surface area contributed by atoms with Crippen molar-refractivity contribution in [2.24, 2.45) is 4.99 Å². The first-order valence-electron chi connectivity index (χ1n) is 13.4. The summed E-state index contributed by atoms with van der Waals surface area (Å²) in [6.45, 7) is 7.64. The summed E-state index contributed by atoms with van der Waals surface area (Å²) in [5, 5.41) is 0. The topological polar surface area (TPSA) is 68.2 Å². The van der Waals surface area contributed by atoms with Gasteiger partial charge in [0.2, 0.25) is 0 Å². The molecule has 1 fully saturated rings. The van der Waals surface area contributed by atoms with Gasteiger partial charge in [-0.3, -0.25) is 14.7 Å². The molecule has 7 heteroatoms. The molecule has 0 saturated heterocycles. The molecular formula is C30H37FN2O4. The smallest absolute Gasteiger partial charge is 0.349 e. The van der Waals surface area contributed by atoms with Gasteiger partial charge in [-0.05, 0) is 57.2 Å². The molecule has 1 heterocycles. The van der Waals surface area contributed by atoms with Crippen LogP contribution in [-0.2, 0) is 20.9 Å².